The Kier molecular flexibility index (Phi) is 7.25. The van der Waals surface area contributed by atoms with E-state index < -0.39 is 23.3 Å². The third-order valence-corrected chi connectivity index (χ3v) is 7.25. The summed E-state index contributed by atoms with van der Waals surface area (Å²) in [5.74, 6) is -2.57. The van der Waals surface area contributed by atoms with Crippen LogP contribution in [0.2, 0.25) is 0 Å². The van der Waals surface area contributed by atoms with Gasteiger partial charge in [-0.05, 0) is 35.2 Å². The second kappa shape index (κ2) is 10.4. The minimum atomic E-state index is -1.69. The first-order chi connectivity index (χ1) is 17.3. The predicted molar refractivity (Wildman–Crippen MR) is 138 cm³/mol. The minimum Gasteiger partial charge on any atom is -0.468 e. The molecule has 0 saturated heterocycles. The molecule has 1 aliphatic carbocycles. The Labute approximate surface area is 211 Å². The number of ketones is 1. The summed E-state index contributed by atoms with van der Waals surface area (Å²) >= 11 is 0. The molecule has 0 unspecified atom stereocenters. The lowest BCUT2D eigenvalue weighted by Crippen LogP contribution is -2.50. The molecular weight excluding hydrogens is 454 g/mol. The molecule has 36 heavy (non-hydrogen) atoms. The molecule has 0 spiro atoms. The zero-order valence-corrected chi connectivity index (χ0v) is 21.1. The standard InChI is InChI=1S/C30H31NO5/c1-31(2)22-15-16-23-24(17-22)26(18-27(32)21-13-9-6-10-14-21)30(28(33)35-3,29(34)36-4)19-25(23)20-11-7-5-8-12-20/h5-17,25-26H,18-19H2,1-4H3/t25-,26-/m0/s1. The van der Waals surface area contributed by atoms with Crippen LogP contribution in [0, 0.1) is 5.41 Å². The van der Waals surface area contributed by atoms with Gasteiger partial charge in [-0.3, -0.25) is 14.4 Å². The van der Waals surface area contributed by atoms with Gasteiger partial charge in [0.2, 0.25) is 0 Å². The number of fused-ring (bicyclic) bond motifs is 1. The van der Waals surface area contributed by atoms with E-state index in [9.17, 15) is 14.4 Å². The molecule has 0 saturated carbocycles. The van der Waals surface area contributed by atoms with Gasteiger partial charge in [-0.2, -0.15) is 0 Å². The molecule has 6 nitrogen and oxygen atoms in total. The molecule has 3 aromatic rings. The van der Waals surface area contributed by atoms with Gasteiger partial charge in [0, 0.05) is 43.6 Å². The van der Waals surface area contributed by atoms with Crippen LogP contribution in [0.5, 0.6) is 0 Å². The number of nitrogens with zero attached hydrogens (tertiary/aromatic N) is 1. The maximum absolute atomic E-state index is 13.6. The molecule has 186 valence electrons. The van der Waals surface area contributed by atoms with E-state index in [1.165, 1.54) is 14.2 Å². The van der Waals surface area contributed by atoms with Crippen molar-refractivity contribution >= 4 is 23.4 Å². The fourth-order valence-corrected chi connectivity index (χ4v) is 5.39. The quantitative estimate of drug-likeness (QED) is 0.267. The van der Waals surface area contributed by atoms with Crippen LogP contribution >= 0.6 is 0 Å². The lowest BCUT2D eigenvalue weighted by molar-refractivity contribution is -0.172. The van der Waals surface area contributed by atoms with Crippen LogP contribution in [0.15, 0.2) is 78.9 Å². The summed E-state index contributed by atoms with van der Waals surface area (Å²) in [6, 6.07) is 24.7. The average molecular weight is 486 g/mol. The van der Waals surface area contributed by atoms with Gasteiger partial charge in [0.25, 0.3) is 0 Å². The van der Waals surface area contributed by atoms with E-state index in [1.807, 2.05) is 73.6 Å². The van der Waals surface area contributed by atoms with Crippen LogP contribution in [-0.2, 0) is 19.1 Å². The smallest absolute Gasteiger partial charge is 0.323 e. The summed E-state index contributed by atoms with van der Waals surface area (Å²) in [6.45, 7) is 0. The van der Waals surface area contributed by atoms with Gasteiger partial charge >= 0.3 is 11.9 Å². The average Bonchev–Trinajstić information content (AvgIpc) is 2.92. The molecular formula is C30H31NO5. The summed E-state index contributed by atoms with van der Waals surface area (Å²) in [7, 11) is 6.40. The van der Waals surface area contributed by atoms with Crippen LogP contribution in [0.25, 0.3) is 0 Å². The summed E-state index contributed by atoms with van der Waals surface area (Å²) in [6.07, 6.45) is 0.0943. The molecule has 1 aliphatic rings. The van der Waals surface area contributed by atoms with Gasteiger partial charge in [0.1, 0.15) is 0 Å². The highest BCUT2D eigenvalue weighted by atomic mass is 16.5. The highest BCUT2D eigenvalue weighted by molar-refractivity contribution is 6.04. The zero-order valence-electron chi connectivity index (χ0n) is 21.1. The SMILES string of the molecule is COC(=O)C1(C(=O)OC)C[C@@H](c2ccccc2)c2ccc(N(C)C)cc2[C@@H]1CC(=O)c1ccccc1. The number of anilines is 1. The molecule has 0 amide bonds. The second-order valence-corrected chi connectivity index (χ2v) is 9.38. The van der Waals surface area contributed by atoms with Gasteiger partial charge in [0.15, 0.2) is 11.2 Å². The van der Waals surface area contributed by atoms with Gasteiger partial charge < -0.3 is 14.4 Å². The molecule has 0 radical (unpaired) electrons. The van der Waals surface area contributed by atoms with E-state index in [1.54, 1.807) is 24.3 Å². The van der Waals surface area contributed by atoms with Crippen molar-refractivity contribution < 1.29 is 23.9 Å². The first kappa shape index (κ1) is 25.2. The summed E-state index contributed by atoms with van der Waals surface area (Å²) in [5.41, 5.74) is 2.48. The predicted octanol–water partition coefficient (Wildman–Crippen LogP) is 4.98. The van der Waals surface area contributed by atoms with E-state index in [2.05, 4.69) is 0 Å². The van der Waals surface area contributed by atoms with Crippen LogP contribution in [-0.4, -0.2) is 46.0 Å². The number of benzene rings is 3. The van der Waals surface area contributed by atoms with Gasteiger partial charge in [-0.15, -0.1) is 0 Å². The van der Waals surface area contributed by atoms with Crippen molar-refractivity contribution in [1.82, 2.24) is 0 Å². The number of rotatable bonds is 7. The molecule has 0 bridgehead atoms. The fourth-order valence-electron chi connectivity index (χ4n) is 5.39. The van der Waals surface area contributed by atoms with Crippen molar-refractivity contribution in [2.45, 2.75) is 24.7 Å². The molecule has 3 aromatic carbocycles. The lowest BCUT2D eigenvalue weighted by Gasteiger charge is -2.44. The monoisotopic (exact) mass is 485 g/mol. The van der Waals surface area contributed by atoms with Gasteiger partial charge in [0.05, 0.1) is 14.2 Å². The van der Waals surface area contributed by atoms with Crippen molar-refractivity contribution in [3.05, 3.63) is 101 Å². The molecule has 0 heterocycles. The van der Waals surface area contributed by atoms with Crippen molar-refractivity contribution in [2.24, 2.45) is 5.41 Å². The largest absolute Gasteiger partial charge is 0.468 e. The number of Topliss-reactive ketones (excluding diaryl/α,β-unsaturated/α-hetero) is 1. The highest BCUT2D eigenvalue weighted by Crippen LogP contribution is 2.56. The Bertz CT molecular complexity index is 1240. The third-order valence-electron chi connectivity index (χ3n) is 7.25. The van der Waals surface area contributed by atoms with Crippen molar-refractivity contribution in [3.8, 4) is 0 Å². The third kappa shape index (κ3) is 4.39. The van der Waals surface area contributed by atoms with Gasteiger partial charge in [-0.25, -0.2) is 0 Å². The Morgan fingerprint density at radius 2 is 1.42 bits per heavy atom. The number of hydrogen-bond acceptors (Lipinski definition) is 6. The molecule has 0 fully saturated rings. The molecule has 4 rings (SSSR count). The zero-order chi connectivity index (χ0) is 25.9. The van der Waals surface area contributed by atoms with E-state index in [-0.39, 0.29) is 24.5 Å². The number of methoxy groups -OCH3 is 2. The first-order valence-electron chi connectivity index (χ1n) is 11.9. The lowest BCUT2D eigenvalue weighted by atomic mass is 9.57. The molecule has 0 N–H and O–H groups in total. The number of carbonyl (C=O) groups excluding carboxylic acids is 3. The van der Waals surface area contributed by atoms with E-state index in [4.69, 9.17) is 9.47 Å². The minimum absolute atomic E-state index is 0.0421. The maximum atomic E-state index is 13.6. The summed E-state index contributed by atoms with van der Waals surface area (Å²) < 4.78 is 10.5. The van der Waals surface area contributed by atoms with E-state index >= 15 is 0 Å². The Morgan fingerprint density at radius 3 is 1.97 bits per heavy atom. The fraction of sp³-hybridized carbons (Fsp3) is 0.300. The Balaban J connectivity index is 1.98. The Hall–Kier alpha value is -3.93. The second-order valence-electron chi connectivity index (χ2n) is 9.38. The topological polar surface area (TPSA) is 72.9 Å². The normalized spacial score (nSPS) is 18.0. The molecule has 0 aromatic heterocycles. The summed E-state index contributed by atoms with van der Waals surface area (Å²) in [4.78, 5) is 42.6. The van der Waals surface area contributed by atoms with E-state index in [0.717, 1.165) is 22.4 Å². The Morgan fingerprint density at radius 1 is 0.833 bits per heavy atom. The van der Waals surface area contributed by atoms with Crippen LogP contribution in [0.3, 0.4) is 0 Å². The number of esters is 2. The van der Waals surface area contributed by atoms with Crippen molar-refractivity contribution in [1.29, 1.82) is 0 Å². The molecule has 6 heteroatoms. The number of carbonyl (C=O) groups is 3. The van der Waals surface area contributed by atoms with Crippen LogP contribution in [0.1, 0.15) is 51.7 Å². The number of ether oxygens (including phenoxy) is 2. The molecule has 0 aliphatic heterocycles. The first-order valence-corrected chi connectivity index (χ1v) is 11.9. The highest BCUT2D eigenvalue weighted by Gasteiger charge is 2.59. The van der Waals surface area contributed by atoms with E-state index in [0.29, 0.717) is 5.56 Å². The van der Waals surface area contributed by atoms with Gasteiger partial charge in [-0.1, -0.05) is 66.7 Å². The van der Waals surface area contributed by atoms with Crippen LogP contribution < -0.4 is 4.90 Å². The summed E-state index contributed by atoms with van der Waals surface area (Å²) in [5, 5.41) is 0. The number of hydrogen-bond donors (Lipinski definition) is 0. The van der Waals surface area contributed by atoms with Crippen molar-refractivity contribution in [3.63, 3.8) is 0 Å². The molecule has 2 atom stereocenters. The van der Waals surface area contributed by atoms with Crippen LogP contribution in [0.4, 0.5) is 5.69 Å². The van der Waals surface area contributed by atoms with Crippen molar-refractivity contribution in [2.75, 3.05) is 33.2 Å². The maximum Gasteiger partial charge on any atom is 0.323 e.